The number of hydrogen-bond donors (Lipinski definition) is 3. The number of nitriles is 1. The third kappa shape index (κ3) is 5.21. The van der Waals surface area contributed by atoms with Gasteiger partial charge in [0.1, 0.15) is 29.1 Å². The van der Waals surface area contributed by atoms with Gasteiger partial charge in [0, 0.05) is 19.7 Å². The minimum atomic E-state index is -0.0542. The molecule has 0 unspecified atom stereocenters. The highest BCUT2D eigenvalue weighted by molar-refractivity contribution is 5.94. The molecule has 3 aromatic heterocycles. The predicted octanol–water partition coefficient (Wildman–Crippen LogP) is 3.56. The van der Waals surface area contributed by atoms with Crippen molar-refractivity contribution >= 4 is 28.5 Å². The normalized spacial score (nSPS) is 10.3. The van der Waals surface area contributed by atoms with Crippen LogP contribution in [0.15, 0.2) is 77.9 Å². The zero-order valence-electron chi connectivity index (χ0n) is 20.4. The summed E-state index contributed by atoms with van der Waals surface area (Å²) in [6.07, 6.45) is 3.70. The molecule has 10 heteroatoms. The van der Waals surface area contributed by atoms with Crippen LogP contribution < -0.4 is 22.3 Å². The van der Waals surface area contributed by atoms with Gasteiger partial charge in [0.25, 0.3) is 5.56 Å². The Labute approximate surface area is 213 Å². The molecule has 0 saturated carbocycles. The molecule has 0 aliphatic rings. The van der Waals surface area contributed by atoms with E-state index in [0.29, 0.717) is 17.3 Å². The Bertz CT molecular complexity index is 1660. The smallest absolute Gasteiger partial charge is 0.266 e. The lowest BCUT2D eigenvalue weighted by atomic mass is 10.0. The molecule has 5 aromatic rings. The van der Waals surface area contributed by atoms with Crippen molar-refractivity contribution in [3.8, 4) is 22.9 Å². The van der Waals surface area contributed by atoms with Crippen LogP contribution in [0.5, 0.6) is 0 Å². The Kier molecular flexibility index (Phi) is 7.35. The number of benzene rings is 2. The number of pyridine rings is 1. The quantitative estimate of drug-likeness (QED) is 0.341. The monoisotopic (exact) mass is 491 g/mol. The highest BCUT2D eigenvalue weighted by Gasteiger charge is 2.15. The van der Waals surface area contributed by atoms with E-state index in [4.69, 9.17) is 21.7 Å². The minimum Gasteiger partial charge on any atom is -0.382 e. The van der Waals surface area contributed by atoms with Crippen molar-refractivity contribution in [3.63, 3.8) is 0 Å². The molecule has 5 N–H and O–H groups in total. The zero-order chi connectivity index (χ0) is 26.4. The molecule has 0 saturated heterocycles. The van der Waals surface area contributed by atoms with Crippen molar-refractivity contribution in [2.75, 3.05) is 23.8 Å². The van der Waals surface area contributed by atoms with Crippen molar-refractivity contribution in [2.45, 2.75) is 13.3 Å². The van der Waals surface area contributed by atoms with Gasteiger partial charge in [-0.15, -0.1) is 0 Å². The van der Waals surface area contributed by atoms with Gasteiger partial charge in [-0.25, -0.2) is 15.0 Å². The van der Waals surface area contributed by atoms with Crippen LogP contribution in [0, 0.1) is 11.3 Å². The van der Waals surface area contributed by atoms with Crippen LogP contribution in [-0.4, -0.2) is 31.6 Å². The number of hydrogen-bond acceptors (Lipinski definition) is 9. The third-order valence-corrected chi connectivity index (χ3v) is 5.58. The summed E-state index contributed by atoms with van der Waals surface area (Å²) in [5, 5.41) is 12.0. The maximum absolute atomic E-state index is 13.5. The van der Waals surface area contributed by atoms with Gasteiger partial charge in [-0.2, -0.15) is 10.2 Å². The van der Waals surface area contributed by atoms with E-state index in [1.807, 2.05) is 80.7 Å². The summed E-state index contributed by atoms with van der Waals surface area (Å²) in [4.78, 5) is 29.7. The highest BCUT2D eigenvalue weighted by atomic mass is 16.1. The number of para-hydroxylation sites is 1. The molecular formula is C27H25N9O. The molecule has 37 heavy (non-hydrogen) atoms. The fourth-order valence-electron chi connectivity index (χ4n) is 3.83. The van der Waals surface area contributed by atoms with Gasteiger partial charge in [-0.1, -0.05) is 37.3 Å². The number of aryl methyl sites for hydroxylation is 1. The van der Waals surface area contributed by atoms with E-state index in [1.165, 1.54) is 6.20 Å². The van der Waals surface area contributed by atoms with Crippen LogP contribution >= 0.6 is 0 Å². The van der Waals surface area contributed by atoms with E-state index in [1.54, 1.807) is 10.8 Å². The molecule has 0 spiro atoms. The maximum atomic E-state index is 13.5. The van der Waals surface area contributed by atoms with E-state index >= 15 is 0 Å². The number of nitrogens with one attached hydrogen (secondary N) is 1. The largest absolute Gasteiger partial charge is 0.382 e. The van der Waals surface area contributed by atoms with Gasteiger partial charge in [0.2, 0.25) is 5.95 Å². The average molecular weight is 492 g/mol. The summed E-state index contributed by atoms with van der Waals surface area (Å²) in [7, 11) is 1.83. The third-order valence-electron chi connectivity index (χ3n) is 5.58. The molecule has 0 bridgehead atoms. The first-order valence-corrected chi connectivity index (χ1v) is 11.5. The number of nitrogen functional groups attached to an aromatic ring is 2. The molecule has 0 atom stereocenters. The van der Waals surface area contributed by atoms with Crippen molar-refractivity contribution in [1.29, 1.82) is 5.26 Å². The van der Waals surface area contributed by atoms with Crippen LogP contribution in [0.25, 0.3) is 27.7 Å². The van der Waals surface area contributed by atoms with Gasteiger partial charge in [-0.05, 0) is 41.5 Å². The summed E-state index contributed by atoms with van der Waals surface area (Å²) in [5.74, 6) is 1.71. The Morgan fingerprint density at radius 2 is 1.81 bits per heavy atom. The summed E-state index contributed by atoms with van der Waals surface area (Å²) in [5.41, 5.74) is 14.0. The second kappa shape index (κ2) is 11.0. The molecule has 0 amide bonds. The molecular weight excluding hydrogens is 466 g/mol. The second-order valence-corrected chi connectivity index (χ2v) is 7.88. The first kappa shape index (κ1) is 24.8. The van der Waals surface area contributed by atoms with E-state index in [9.17, 15) is 4.79 Å². The number of nitrogens with zero attached hydrogens (tertiary/aromatic N) is 6. The van der Waals surface area contributed by atoms with Crippen LogP contribution in [0.4, 0.5) is 17.6 Å². The number of nitrogens with two attached hydrogens (primary N) is 2. The van der Waals surface area contributed by atoms with Crippen molar-refractivity contribution in [3.05, 3.63) is 94.8 Å². The van der Waals surface area contributed by atoms with Gasteiger partial charge < -0.3 is 16.8 Å². The van der Waals surface area contributed by atoms with E-state index < -0.39 is 0 Å². The number of anilines is 3. The van der Waals surface area contributed by atoms with Crippen LogP contribution in [-0.2, 0) is 6.42 Å². The molecule has 184 valence electrons. The highest BCUT2D eigenvalue weighted by Crippen LogP contribution is 2.27. The first-order chi connectivity index (χ1) is 18.0. The lowest BCUT2D eigenvalue weighted by molar-refractivity contribution is 0.833. The van der Waals surface area contributed by atoms with Crippen molar-refractivity contribution in [1.82, 2.24) is 24.5 Å². The van der Waals surface area contributed by atoms with Gasteiger partial charge in [-0.3, -0.25) is 9.36 Å². The van der Waals surface area contributed by atoms with Gasteiger partial charge >= 0.3 is 0 Å². The Morgan fingerprint density at radius 1 is 1.03 bits per heavy atom. The topological polar surface area (TPSA) is 161 Å². The molecule has 10 nitrogen and oxygen atoms in total. The summed E-state index contributed by atoms with van der Waals surface area (Å²) < 4.78 is 1.71. The number of fused-ring (bicyclic) bond motifs is 1. The van der Waals surface area contributed by atoms with Crippen LogP contribution in [0.2, 0.25) is 0 Å². The average Bonchev–Trinajstić information content (AvgIpc) is 2.93. The Morgan fingerprint density at radius 3 is 2.49 bits per heavy atom. The Balaban J connectivity index is 0.000000270. The molecule has 2 aromatic carbocycles. The zero-order valence-corrected chi connectivity index (χ0v) is 20.4. The molecule has 0 aliphatic carbocycles. The summed E-state index contributed by atoms with van der Waals surface area (Å²) in [6.45, 7) is 2.01. The van der Waals surface area contributed by atoms with E-state index in [2.05, 4.69) is 20.3 Å². The molecule has 5 rings (SSSR count). The fraction of sp³-hybridized carbons (Fsp3) is 0.111. The summed E-state index contributed by atoms with van der Waals surface area (Å²) >= 11 is 0. The number of rotatable bonds is 4. The molecule has 0 radical (unpaired) electrons. The fourth-order valence-corrected chi connectivity index (χ4v) is 3.83. The predicted molar refractivity (Wildman–Crippen MR) is 145 cm³/mol. The van der Waals surface area contributed by atoms with Crippen LogP contribution in [0.1, 0.15) is 18.3 Å². The molecule has 3 heterocycles. The SMILES string of the molecule is CCc1nc2cccc(-c3ccnc(NC)c3)c2c(=O)n1-c1ccccc1.N#Cc1cnc(N)nc1N. The van der Waals surface area contributed by atoms with Crippen molar-refractivity contribution in [2.24, 2.45) is 0 Å². The number of aromatic nitrogens is 5. The van der Waals surface area contributed by atoms with E-state index in [0.717, 1.165) is 28.5 Å². The standard InChI is InChI=1S/C22H20N4O.C5H5N5/c1-3-20-25-18-11-7-10-17(15-12-13-24-19(14-15)23-2)21(18)22(27)26(20)16-8-5-4-6-9-16;6-1-3-2-9-5(8)10-4(3)7/h4-14H,3H2,1-2H3,(H,23,24);2H,(H4,7,8,9,10). The molecule has 0 aliphatic heterocycles. The van der Waals surface area contributed by atoms with Gasteiger partial charge in [0.15, 0.2) is 0 Å². The second-order valence-electron chi connectivity index (χ2n) is 7.88. The maximum Gasteiger partial charge on any atom is 0.266 e. The van der Waals surface area contributed by atoms with E-state index in [-0.39, 0.29) is 22.9 Å². The summed E-state index contributed by atoms with van der Waals surface area (Å²) in [6, 6.07) is 21.1. The lowest BCUT2D eigenvalue weighted by Gasteiger charge is -2.14. The lowest BCUT2D eigenvalue weighted by Crippen LogP contribution is -2.24. The van der Waals surface area contributed by atoms with Crippen molar-refractivity contribution < 1.29 is 0 Å². The van der Waals surface area contributed by atoms with Gasteiger partial charge in [0.05, 0.1) is 22.8 Å². The Hall–Kier alpha value is -5.30. The molecule has 0 fully saturated rings. The first-order valence-electron chi connectivity index (χ1n) is 11.5. The minimum absolute atomic E-state index is 0.0542. The van der Waals surface area contributed by atoms with Crippen LogP contribution in [0.3, 0.4) is 0 Å².